The predicted molar refractivity (Wildman–Crippen MR) is 147 cm³/mol. The minimum atomic E-state index is -0.671. The van der Waals surface area contributed by atoms with Crippen LogP contribution in [0.4, 0.5) is 0 Å². The molecule has 2 aromatic carbocycles. The number of rotatable bonds is 9. The molecule has 1 fully saturated rings. The Morgan fingerprint density at radius 1 is 1.18 bits per heavy atom. The Bertz CT molecular complexity index is 1460. The standard InChI is InChI=1S/C30H30N2O6S/c1-5-36-29(35)25(15-24-13-21-12-19(16-31)6-11-27(21)39-24)20-7-9-23(10-8-20)37-18-26-22(17-33)14-28(34)32(26)38-30(2,3)4/h6-13,25-26H,5,14-15,18H2,1-4H3/t25?,26-/m1/s1. The number of benzene rings is 2. The molecule has 1 aliphatic rings. The summed E-state index contributed by atoms with van der Waals surface area (Å²) in [5.74, 6) is 1.24. The maximum Gasteiger partial charge on any atom is 0.313 e. The maximum atomic E-state index is 12.9. The minimum Gasteiger partial charge on any atom is -0.491 e. The van der Waals surface area contributed by atoms with E-state index in [1.54, 1.807) is 36.5 Å². The molecule has 0 N–H and O–H groups in total. The number of esters is 1. The second-order valence-electron chi connectivity index (χ2n) is 10.2. The highest BCUT2D eigenvalue weighted by Crippen LogP contribution is 2.33. The smallest absolute Gasteiger partial charge is 0.313 e. The quantitative estimate of drug-likeness (QED) is 0.271. The van der Waals surface area contributed by atoms with Gasteiger partial charge < -0.3 is 9.47 Å². The number of carbonyl (C=O) groups is 2. The van der Waals surface area contributed by atoms with E-state index in [1.807, 2.05) is 57.0 Å². The lowest BCUT2D eigenvalue weighted by Crippen LogP contribution is -2.42. The van der Waals surface area contributed by atoms with Gasteiger partial charge in [-0.2, -0.15) is 5.26 Å². The summed E-state index contributed by atoms with van der Waals surface area (Å²) in [6.45, 7) is 7.54. The van der Waals surface area contributed by atoms with Gasteiger partial charge in [0.05, 0.1) is 41.8 Å². The second kappa shape index (κ2) is 11.8. The maximum absolute atomic E-state index is 12.9. The number of hydroxylamine groups is 2. The van der Waals surface area contributed by atoms with Crippen LogP contribution in [0.3, 0.4) is 0 Å². The lowest BCUT2D eigenvalue weighted by molar-refractivity contribution is -0.232. The van der Waals surface area contributed by atoms with E-state index in [-0.39, 0.29) is 37.1 Å². The minimum absolute atomic E-state index is 0.0273. The van der Waals surface area contributed by atoms with Crippen LogP contribution in [0.25, 0.3) is 10.1 Å². The van der Waals surface area contributed by atoms with E-state index in [0.717, 1.165) is 20.5 Å². The first kappa shape index (κ1) is 28.1. The topological polar surface area (TPSA) is 106 Å². The van der Waals surface area contributed by atoms with E-state index < -0.39 is 17.6 Å². The monoisotopic (exact) mass is 546 g/mol. The Labute approximate surface area is 231 Å². The number of nitriles is 1. The van der Waals surface area contributed by atoms with E-state index in [2.05, 4.69) is 6.07 Å². The number of hydrogen-bond donors (Lipinski definition) is 0. The average molecular weight is 547 g/mol. The van der Waals surface area contributed by atoms with Crippen molar-refractivity contribution in [3.8, 4) is 11.8 Å². The summed E-state index contributed by atoms with van der Waals surface area (Å²) < 4.78 is 12.3. The van der Waals surface area contributed by atoms with Gasteiger partial charge in [-0.3, -0.25) is 14.4 Å². The van der Waals surface area contributed by atoms with Gasteiger partial charge >= 0.3 is 5.97 Å². The lowest BCUT2D eigenvalue weighted by atomic mass is 9.94. The van der Waals surface area contributed by atoms with Gasteiger partial charge in [0.25, 0.3) is 5.91 Å². The predicted octanol–water partition coefficient (Wildman–Crippen LogP) is 5.13. The van der Waals surface area contributed by atoms with Gasteiger partial charge in [0.15, 0.2) is 0 Å². The zero-order chi connectivity index (χ0) is 28.2. The summed E-state index contributed by atoms with van der Waals surface area (Å²) in [5.41, 5.74) is 1.03. The highest BCUT2D eigenvalue weighted by molar-refractivity contribution is 7.19. The summed E-state index contributed by atoms with van der Waals surface area (Å²) in [6, 6.07) is 16.2. The fourth-order valence-corrected chi connectivity index (χ4v) is 5.47. The molecule has 1 aromatic heterocycles. The lowest BCUT2D eigenvalue weighted by Gasteiger charge is -2.30. The molecule has 8 nitrogen and oxygen atoms in total. The van der Waals surface area contributed by atoms with Crippen LogP contribution < -0.4 is 4.74 Å². The van der Waals surface area contributed by atoms with E-state index in [0.29, 0.717) is 17.7 Å². The van der Waals surface area contributed by atoms with Crippen molar-refractivity contribution in [3.63, 3.8) is 0 Å². The highest BCUT2D eigenvalue weighted by Gasteiger charge is 2.40. The summed E-state index contributed by atoms with van der Waals surface area (Å²) in [7, 11) is 0. The number of amides is 1. The fraction of sp³-hybridized carbons (Fsp3) is 0.367. The van der Waals surface area contributed by atoms with Gasteiger partial charge in [-0.15, -0.1) is 11.3 Å². The summed E-state index contributed by atoms with van der Waals surface area (Å²) in [5, 5.41) is 11.4. The molecule has 1 unspecified atom stereocenters. The molecule has 1 saturated heterocycles. The molecule has 39 heavy (non-hydrogen) atoms. The first-order valence-corrected chi connectivity index (χ1v) is 13.5. The van der Waals surface area contributed by atoms with E-state index in [1.165, 1.54) is 5.06 Å². The van der Waals surface area contributed by atoms with Crippen molar-refractivity contribution in [2.45, 2.75) is 58.1 Å². The molecule has 0 aliphatic carbocycles. The molecule has 202 valence electrons. The van der Waals surface area contributed by atoms with Gasteiger partial charge in [-0.1, -0.05) is 12.1 Å². The first-order chi connectivity index (χ1) is 18.6. The first-order valence-electron chi connectivity index (χ1n) is 12.7. The Hall–Kier alpha value is -3.96. The van der Waals surface area contributed by atoms with Crippen LogP contribution in [0.2, 0.25) is 0 Å². The molecule has 0 radical (unpaired) electrons. The second-order valence-corrected chi connectivity index (χ2v) is 11.4. The third-order valence-corrected chi connectivity index (χ3v) is 7.28. The van der Waals surface area contributed by atoms with E-state index in [9.17, 15) is 19.6 Å². The normalized spacial score (nSPS) is 16.2. The van der Waals surface area contributed by atoms with Crippen LogP contribution >= 0.6 is 11.3 Å². The molecule has 2 atom stereocenters. The van der Waals surface area contributed by atoms with Crippen molar-refractivity contribution in [1.82, 2.24) is 5.06 Å². The van der Waals surface area contributed by atoms with Crippen LogP contribution in [-0.4, -0.2) is 47.7 Å². The molecule has 9 heteroatoms. The molecule has 2 heterocycles. The average Bonchev–Trinajstić information content (AvgIpc) is 3.44. The van der Waals surface area contributed by atoms with E-state index in [4.69, 9.17) is 14.3 Å². The van der Waals surface area contributed by atoms with Gasteiger partial charge in [0.2, 0.25) is 0 Å². The summed E-state index contributed by atoms with van der Waals surface area (Å²) in [6.07, 6.45) is 0.403. The van der Waals surface area contributed by atoms with Crippen molar-refractivity contribution in [2.24, 2.45) is 0 Å². The Kier molecular flexibility index (Phi) is 8.51. The van der Waals surface area contributed by atoms with Crippen LogP contribution in [0.1, 0.15) is 56.0 Å². The van der Waals surface area contributed by atoms with Gasteiger partial charge in [0.1, 0.15) is 24.3 Å². The van der Waals surface area contributed by atoms with Crippen molar-refractivity contribution in [3.05, 3.63) is 70.1 Å². The number of hydrogen-bond acceptors (Lipinski definition) is 8. The van der Waals surface area contributed by atoms with Crippen LogP contribution in [0, 0.1) is 11.3 Å². The zero-order valence-electron chi connectivity index (χ0n) is 22.4. The molecule has 1 amide bonds. The zero-order valence-corrected chi connectivity index (χ0v) is 23.2. The van der Waals surface area contributed by atoms with E-state index >= 15 is 0 Å². The van der Waals surface area contributed by atoms with Crippen LogP contribution in [0.15, 0.2) is 54.1 Å². The summed E-state index contributed by atoms with van der Waals surface area (Å²) in [4.78, 5) is 43.6. The Morgan fingerprint density at radius 2 is 1.92 bits per heavy atom. The van der Waals surface area contributed by atoms with Crippen molar-refractivity contribution < 1.29 is 28.7 Å². The molecule has 1 aliphatic heterocycles. The molecule has 4 rings (SSSR count). The number of ether oxygens (including phenoxy) is 2. The highest BCUT2D eigenvalue weighted by atomic mass is 32.1. The van der Waals surface area contributed by atoms with Crippen molar-refractivity contribution in [2.75, 3.05) is 13.2 Å². The van der Waals surface area contributed by atoms with Gasteiger partial charge in [-0.05, 0) is 81.5 Å². The molecule has 0 spiro atoms. The van der Waals surface area contributed by atoms with Gasteiger partial charge in [0, 0.05) is 9.58 Å². The Balaban J connectivity index is 1.50. The number of thiophene rings is 1. The SMILES string of the molecule is CCOC(=O)C(Cc1cc2cc(C#N)ccc2s1)c1ccc(OC[C@@H]2C(=C=O)CC(=O)N2OC(C)(C)C)cc1. The van der Waals surface area contributed by atoms with Crippen LogP contribution in [-0.2, 0) is 30.4 Å². The van der Waals surface area contributed by atoms with Crippen molar-refractivity contribution in [1.29, 1.82) is 5.26 Å². The van der Waals surface area contributed by atoms with Gasteiger partial charge in [-0.25, -0.2) is 9.86 Å². The summed E-state index contributed by atoms with van der Waals surface area (Å²) >= 11 is 1.59. The molecule has 0 bridgehead atoms. The number of fused-ring (bicyclic) bond motifs is 1. The third-order valence-electron chi connectivity index (χ3n) is 6.14. The molecular weight excluding hydrogens is 516 g/mol. The fourth-order valence-electron chi connectivity index (χ4n) is 4.38. The number of nitrogens with zero attached hydrogens (tertiary/aromatic N) is 2. The van der Waals surface area contributed by atoms with Crippen LogP contribution in [0.5, 0.6) is 5.75 Å². The Morgan fingerprint density at radius 3 is 2.56 bits per heavy atom. The third kappa shape index (κ3) is 6.73. The largest absolute Gasteiger partial charge is 0.491 e. The molecule has 3 aromatic rings. The van der Waals surface area contributed by atoms with Crippen molar-refractivity contribution >= 4 is 39.2 Å². The molecule has 0 saturated carbocycles. The molecular formula is C30H30N2O6S. The number of carbonyl (C=O) groups excluding carboxylic acids is 3.